The molecular formula is C24H23N3O2. The summed E-state index contributed by atoms with van der Waals surface area (Å²) in [5, 5.41) is 2.99. The van der Waals surface area contributed by atoms with Crippen LogP contribution >= 0.6 is 0 Å². The summed E-state index contributed by atoms with van der Waals surface area (Å²) >= 11 is 0. The summed E-state index contributed by atoms with van der Waals surface area (Å²) in [5.41, 5.74) is 4.75. The molecule has 0 saturated heterocycles. The number of nitrogens with zero attached hydrogens (tertiary/aromatic N) is 2. The third-order valence-corrected chi connectivity index (χ3v) is 4.95. The standard InChI is InChI=1S/C24H23N3O2/c1-3-17-8-12-19(13-9-17)25-23(28)16-27-22-7-5-4-6-21(22)26-24(27)18-10-14-20(29-2)15-11-18/h4-15H,3,16H2,1-2H3,(H,25,28). The van der Waals surface area contributed by atoms with Crippen LogP contribution in [-0.4, -0.2) is 22.6 Å². The van der Waals surface area contributed by atoms with Crippen molar-refractivity contribution in [3.63, 3.8) is 0 Å². The molecule has 0 spiro atoms. The van der Waals surface area contributed by atoms with Gasteiger partial charge >= 0.3 is 0 Å². The van der Waals surface area contributed by atoms with Crippen LogP contribution in [0.4, 0.5) is 5.69 Å². The summed E-state index contributed by atoms with van der Waals surface area (Å²) in [5.74, 6) is 1.45. The van der Waals surface area contributed by atoms with Crippen molar-refractivity contribution in [3.8, 4) is 17.1 Å². The molecule has 0 bridgehead atoms. The van der Waals surface area contributed by atoms with Crippen LogP contribution in [0.5, 0.6) is 5.75 Å². The molecule has 4 rings (SSSR count). The number of fused-ring (bicyclic) bond motifs is 1. The molecule has 0 aliphatic rings. The number of aryl methyl sites for hydroxylation is 1. The van der Waals surface area contributed by atoms with Crippen molar-refractivity contribution in [1.82, 2.24) is 9.55 Å². The second-order valence-corrected chi connectivity index (χ2v) is 6.84. The van der Waals surface area contributed by atoms with Crippen LogP contribution in [0.3, 0.4) is 0 Å². The van der Waals surface area contributed by atoms with E-state index in [0.29, 0.717) is 0 Å². The highest BCUT2D eigenvalue weighted by atomic mass is 16.5. The molecule has 5 heteroatoms. The summed E-state index contributed by atoms with van der Waals surface area (Å²) in [6.45, 7) is 2.29. The van der Waals surface area contributed by atoms with Gasteiger partial charge in [0.2, 0.25) is 5.91 Å². The number of methoxy groups -OCH3 is 1. The number of hydrogen-bond acceptors (Lipinski definition) is 3. The number of rotatable bonds is 6. The van der Waals surface area contributed by atoms with Gasteiger partial charge in [-0.15, -0.1) is 0 Å². The number of anilines is 1. The maximum Gasteiger partial charge on any atom is 0.244 e. The second kappa shape index (κ2) is 8.19. The number of carbonyl (C=O) groups excluding carboxylic acids is 1. The smallest absolute Gasteiger partial charge is 0.244 e. The second-order valence-electron chi connectivity index (χ2n) is 6.84. The van der Waals surface area contributed by atoms with Crippen LogP contribution in [0.15, 0.2) is 72.8 Å². The Hall–Kier alpha value is -3.60. The number of ether oxygens (including phenoxy) is 1. The molecule has 5 nitrogen and oxygen atoms in total. The first-order valence-electron chi connectivity index (χ1n) is 9.66. The lowest BCUT2D eigenvalue weighted by atomic mass is 10.1. The zero-order valence-electron chi connectivity index (χ0n) is 16.6. The molecule has 0 aliphatic heterocycles. The average Bonchev–Trinajstić information content (AvgIpc) is 3.12. The minimum Gasteiger partial charge on any atom is -0.497 e. The van der Waals surface area contributed by atoms with Gasteiger partial charge in [0, 0.05) is 11.3 Å². The molecule has 0 unspecified atom stereocenters. The maximum atomic E-state index is 12.8. The molecule has 0 saturated carbocycles. The summed E-state index contributed by atoms with van der Waals surface area (Å²) in [4.78, 5) is 17.5. The first kappa shape index (κ1) is 18.7. The quantitative estimate of drug-likeness (QED) is 0.513. The minimum absolute atomic E-state index is 0.0906. The Labute approximate surface area is 170 Å². The highest BCUT2D eigenvalue weighted by molar-refractivity contribution is 5.92. The molecule has 4 aromatic rings. The number of nitrogens with one attached hydrogen (secondary N) is 1. The topological polar surface area (TPSA) is 56.2 Å². The molecule has 1 N–H and O–H groups in total. The zero-order valence-corrected chi connectivity index (χ0v) is 16.6. The van der Waals surface area contributed by atoms with Gasteiger partial charge in [0.1, 0.15) is 18.1 Å². The fourth-order valence-corrected chi connectivity index (χ4v) is 3.36. The van der Waals surface area contributed by atoms with E-state index in [1.165, 1.54) is 5.56 Å². The van der Waals surface area contributed by atoms with Gasteiger partial charge in [-0.3, -0.25) is 4.79 Å². The average molecular weight is 385 g/mol. The van der Waals surface area contributed by atoms with Crippen molar-refractivity contribution in [2.45, 2.75) is 19.9 Å². The lowest BCUT2D eigenvalue weighted by Crippen LogP contribution is -2.19. The lowest BCUT2D eigenvalue weighted by Gasteiger charge is -2.11. The molecule has 0 atom stereocenters. The van der Waals surface area contributed by atoms with Gasteiger partial charge in [0.05, 0.1) is 18.1 Å². The molecule has 0 aliphatic carbocycles. The fraction of sp³-hybridized carbons (Fsp3) is 0.167. The summed E-state index contributed by atoms with van der Waals surface area (Å²) < 4.78 is 7.20. The van der Waals surface area contributed by atoms with Crippen LogP contribution in [-0.2, 0) is 17.8 Å². The number of hydrogen-bond donors (Lipinski definition) is 1. The fourth-order valence-electron chi connectivity index (χ4n) is 3.36. The predicted molar refractivity (Wildman–Crippen MR) is 116 cm³/mol. The van der Waals surface area contributed by atoms with E-state index in [0.717, 1.165) is 40.3 Å². The van der Waals surface area contributed by atoms with Gasteiger partial charge in [-0.1, -0.05) is 31.2 Å². The Balaban J connectivity index is 1.65. The van der Waals surface area contributed by atoms with E-state index >= 15 is 0 Å². The Bertz CT molecular complexity index is 1130. The monoisotopic (exact) mass is 385 g/mol. The third-order valence-electron chi connectivity index (χ3n) is 4.95. The Morgan fingerprint density at radius 1 is 1.00 bits per heavy atom. The van der Waals surface area contributed by atoms with E-state index in [1.54, 1.807) is 7.11 Å². The van der Waals surface area contributed by atoms with Crippen molar-refractivity contribution >= 4 is 22.6 Å². The van der Waals surface area contributed by atoms with Crippen molar-refractivity contribution in [3.05, 3.63) is 78.4 Å². The molecule has 146 valence electrons. The summed E-state index contributed by atoms with van der Waals surface area (Å²) in [6, 6.07) is 23.5. The van der Waals surface area contributed by atoms with Crippen LogP contribution in [0.2, 0.25) is 0 Å². The van der Waals surface area contributed by atoms with Gasteiger partial charge in [0.25, 0.3) is 0 Å². The predicted octanol–water partition coefficient (Wildman–Crippen LogP) is 4.91. The van der Waals surface area contributed by atoms with Crippen LogP contribution < -0.4 is 10.1 Å². The molecule has 1 amide bonds. The third kappa shape index (κ3) is 3.99. The van der Waals surface area contributed by atoms with Crippen LogP contribution in [0.1, 0.15) is 12.5 Å². The molecule has 0 radical (unpaired) electrons. The summed E-state index contributed by atoms with van der Waals surface area (Å²) in [6.07, 6.45) is 0.973. The highest BCUT2D eigenvalue weighted by Gasteiger charge is 2.15. The number of aromatic nitrogens is 2. The maximum absolute atomic E-state index is 12.8. The number of amides is 1. The molecule has 29 heavy (non-hydrogen) atoms. The summed E-state index contributed by atoms with van der Waals surface area (Å²) in [7, 11) is 1.64. The minimum atomic E-state index is -0.0906. The molecular weight excluding hydrogens is 362 g/mol. The molecule has 1 heterocycles. The van der Waals surface area contributed by atoms with Crippen molar-refractivity contribution in [1.29, 1.82) is 0 Å². The Kier molecular flexibility index (Phi) is 5.29. The SMILES string of the molecule is CCc1ccc(NC(=O)Cn2c(-c3ccc(OC)cc3)nc3ccccc32)cc1. The van der Waals surface area contributed by atoms with Gasteiger partial charge in [-0.05, 0) is 60.5 Å². The van der Waals surface area contributed by atoms with Gasteiger partial charge in [-0.2, -0.15) is 0 Å². The van der Waals surface area contributed by atoms with Crippen molar-refractivity contribution < 1.29 is 9.53 Å². The van der Waals surface area contributed by atoms with E-state index < -0.39 is 0 Å². The number of para-hydroxylation sites is 2. The molecule has 0 fully saturated rings. The van der Waals surface area contributed by atoms with Crippen LogP contribution in [0.25, 0.3) is 22.4 Å². The van der Waals surface area contributed by atoms with Crippen molar-refractivity contribution in [2.24, 2.45) is 0 Å². The normalized spacial score (nSPS) is 10.8. The number of imidazole rings is 1. The van der Waals surface area contributed by atoms with Gasteiger partial charge in [-0.25, -0.2) is 4.98 Å². The number of carbonyl (C=O) groups is 1. The van der Waals surface area contributed by atoms with Crippen molar-refractivity contribution in [2.75, 3.05) is 12.4 Å². The van der Waals surface area contributed by atoms with E-state index in [9.17, 15) is 4.79 Å². The van der Waals surface area contributed by atoms with Crippen LogP contribution in [0, 0.1) is 0 Å². The number of benzene rings is 3. The van der Waals surface area contributed by atoms with Gasteiger partial charge < -0.3 is 14.6 Å². The molecule has 1 aromatic heterocycles. The Morgan fingerprint density at radius 2 is 1.72 bits per heavy atom. The zero-order chi connectivity index (χ0) is 20.2. The largest absolute Gasteiger partial charge is 0.497 e. The first-order valence-corrected chi connectivity index (χ1v) is 9.66. The van der Waals surface area contributed by atoms with E-state index in [4.69, 9.17) is 9.72 Å². The van der Waals surface area contributed by atoms with E-state index in [-0.39, 0.29) is 12.5 Å². The highest BCUT2D eigenvalue weighted by Crippen LogP contribution is 2.26. The Morgan fingerprint density at radius 3 is 2.41 bits per heavy atom. The molecule has 3 aromatic carbocycles. The van der Waals surface area contributed by atoms with Gasteiger partial charge in [0.15, 0.2) is 0 Å². The lowest BCUT2D eigenvalue weighted by molar-refractivity contribution is -0.116. The van der Waals surface area contributed by atoms with E-state index in [1.807, 2.05) is 77.4 Å². The first-order chi connectivity index (χ1) is 14.2. The van der Waals surface area contributed by atoms with E-state index in [2.05, 4.69) is 12.2 Å².